The average Bonchev–Trinajstić information content (AvgIpc) is 2.78. The topological polar surface area (TPSA) is 41.2 Å². The molecule has 0 unspecified atom stereocenters. The minimum absolute atomic E-state index is 0.796. The van der Waals surface area contributed by atoms with Gasteiger partial charge in [-0.05, 0) is 12.1 Å². The molecule has 1 N–H and O–H groups in total. The molecule has 0 bridgehead atoms. The Bertz CT molecular complexity index is 460. The van der Waals surface area contributed by atoms with Gasteiger partial charge in [-0.2, -0.15) is 0 Å². The van der Waals surface area contributed by atoms with Crippen LogP contribution < -0.4 is 4.90 Å². The van der Waals surface area contributed by atoms with Gasteiger partial charge in [0.25, 0.3) is 0 Å². The smallest absolute Gasteiger partial charge is 0.174 e. The van der Waals surface area contributed by atoms with Crippen molar-refractivity contribution in [2.45, 2.75) is 0 Å². The van der Waals surface area contributed by atoms with Crippen molar-refractivity contribution >= 4 is 16.7 Å². The van der Waals surface area contributed by atoms with Crippen molar-refractivity contribution in [1.29, 1.82) is 0 Å². The van der Waals surface area contributed by atoms with E-state index in [-0.39, 0.29) is 0 Å². The number of fused-ring (bicyclic) bond motifs is 1. The summed E-state index contributed by atoms with van der Waals surface area (Å²) in [7, 11) is 0. The number of aromatic amines is 1. The highest BCUT2D eigenvalue weighted by Gasteiger charge is 2.14. The number of ether oxygens (including phenoxy) is 1. The molecule has 0 aliphatic carbocycles. The Labute approximate surface area is 87.9 Å². The van der Waals surface area contributed by atoms with E-state index in [9.17, 15) is 0 Å². The molecule has 4 heteroatoms. The van der Waals surface area contributed by atoms with E-state index < -0.39 is 0 Å². The Morgan fingerprint density at radius 2 is 2.20 bits per heavy atom. The van der Waals surface area contributed by atoms with Crippen LogP contribution in [0.15, 0.2) is 18.2 Å². The van der Waals surface area contributed by atoms with E-state index in [2.05, 4.69) is 27.3 Å². The summed E-state index contributed by atoms with van der Waals surface area (Å²) in [4.78, 5) is 9.54. The number of anilines is 1. The van der Waals surface area contributed by atoms with Gasteiger partial charge >= 0.3 is 0 Å². The van der Waals surface area contributed by atoms with E-state index in [0.717, 1.165) is 37.3 Å². The van der Waals surface area contributed by atoms with Crippen molar-refractivity contribution in [1.82, 2.24) is 9.97 Å². The Hall–Kier alpha value is -1.55. The molecule has 1 fully saturated rings. The number of nitrogens with zero attached hydrogens (tertiary/aromatic N) is 2. The Balaban J connectivity index is 2.05. The SMILES string of the molecule is [c]1nc2c(N3CCOCC3)cccc2[nH]1. The maximum Gasteiger partial charge on any atom is 0.174 e. The van der Waals surface area contributed by atoms with Gasteiger partial charge in [0.1, 0.15) is 5.52 Å². The van der Waals surface area contributed by atoms with Crippen LogP contribution in [0.2, 0.25) is 0 Å². The molecule has 0 saturated carbocycles. The minimum Gasteiger partial charge on any atom is -0.378 e. The molecule has 1 saturated heterocycles. The van der Waals surface area contributed by atoms with E-state index in [1.54, 1.807) is 0 Å². The van der Waals surface area contributed by atoms with Crippen LogP contribution in [0.4, 0.5) is 5.69 Å². The molecule has 1 aromatic heterocycles. The second-order valence-corrected chi connectivity index (χ2v) is 3.62. The number of rotatable bonds is 1. The fourth-order valence-electron chi connectivity index (χ4n) is 1.95. The molecule has 4 nitrogen and oxygen atoms in total. The first kappa shape index (κ1) is 8.73. The summed E-state index contributed by atoms with van der Waals surface area (Å²) >= 11 is 0. The van der Waals surface area contributed by atoms with Gasteiger partial charge in [-0.3, -0.25) is 0 Å². The van der Waals surface area contributed by atoms with Crippen LogP contribution in [0.25, 0.3) is 11.0 Å². The second-order valence-electron chi connectivity index (χ2n) is 3.62. The summed E-state index contributed by atoms with van der Waals surface area (Å²) in [5.74, 6) is 0. The summed E-state index contributed by atoms with van der Waals surface area (Å²) in [5, 5.41) is 0. The minimum atomic E-state index is 0.796. The van der Waals surface area contributed by atoms with E-state index >= 15 is 0 Å². The maximum absolute atomic E-state index is 5.34. The average molecular weight is 202 g/mol. The van der Waals surface area contributed by atoms with E-state index in [1.165, 1.54) is 5.69 Å². The van der Waals surface area contributed by atoms with Gasteiger partial charge in [0.15, 0.2) is 6.33 Å². The molecule has 0 spiro atoms. The number of nitrogens with one attached hydrogen (secondary N) is 1. The van der Waals surface area contributed by atoms with Crippen LogP contribution in [0.3, 0.4) is 0 Å². The fourth-order valence-corrected chi connectivity index (χ4v) is 1.95. The predicted molar refractivity (Wildman–Crippen MR) is 58.0 cm³/mol. The van der Waals surface area contributed by atoms with Crippen molar-refractivity contribution in [3.05, 3.63) is 24.5 Å². The van der Waals surface area contributed by atoms with Crippen LogP contribution in [0.1, 0.15) is 0 Å². The van der Waals surface area contributed by atoms with Gasteiger partial charge < -0.3 is 14.6 Å². The van der Waals surface area contributed by atoms with E-state index in [1.807, 2.05) is 12.1 Å². The lowest BCUT2D eigenvalue weighted by molar-refractivity contribution is 0.123. The summed E-state index contributed by atoms with van der Waals surface area (Å²) in [6.45, 7) is 3.47. The third kappa shape index (κ3) is 1.47. The summed E-state index contributed by atoms with van der Waals surface area (Å²) < 4.78 is 5.34. The number of para-hydroxylation sites is 1. The van der Waals surface area contributed by atoms with Crippen molar-refractivity contribution in [3.8, 4) is 0 Å². The molecule has 1 aliphatic heterocycles. The first-order valence-corrected chi connectivity index (χ1v) is 5.12. The normalized spacial score (nSPS) is 17.2. The molecular formula is C11H12N3O. The lowest BCUT2D eigenvalue weighted by atomic mass is 10.2. The zero-order valence-corrected chi connectivity index (χ0v) is 8.36. The Kier molecular flexibility index (Phi) is 2.07. The largest absolute Gasteiger partial charge is 0.378 e. The monoisotopic (exact) mass is 202 g/mol. The standard InChI is InChI=1S/C11H12N3O/c1-2-9-11(13-8-12-9)10(3-1)14-4-6-15-7-5-14/h1-3H,4-7H2,(H,12,13). The van der Waals surface area contributed by atoms with Crippen LogP contribution in [0, 0.1) is 6.33 Å². The highest BCUT2D eigenvalue weighted by Crippen LogP contribution is 2.24. The summed E-state index contributed by atoms with van der Waals surface area (Å²) in [5.41, 5.74) is 3.21. The van der Waals surface area contributed by atoms with Crippen molar-refractivity contribution in [2.75, 3.05) is 31.2 Å². The predicted octanol–water partition coefficient (Wildman–Crippen LogP) is 1.20. The third-order valence-electron chi connectivity index (χ3n) is 2.72. The molecule has 15 heavy (non-hydrogen) atoms. The van der Waals surface area contributed by atoms with Gasteiger partial charge in [-0.1, -0.05) is 6.07 Å². The van der Waals surface area contributed by atoms with Gasteiger partial charge in [0.05, 0.1) is 24.4 Å². The second kappa shape index (κ2) is 3.55. The summed E-state index contributed by atoms with van der Waals surface area (Å²) in [6.07, 6.45) is 2.78. The number of H-pyrrole nitrogens is 1. The van der Waals surface area contributed by atoms with E-state index in [0.29, 0.717) is 0 Å². The van der Waals surface area contributed by atoms with Gasteiger partial charge in [0, 0.05) is 13.1 Å². The molecule has 1 aromatic carbocycles. The molecule has 1 radical (unpaired) electrons. The van der Waals surface area contributed by atoms with Crippen molar-refractivity contribution < 1.29 is 4.74 Å². The third-order valence-corrected chi connectivity index (χ3v) is 2.72. The lowest BCUT2D eigenvalue weighted by Gasteiger charge is -2.28. The number of hydrogen-bond acceptors (Lipinski definition) is 3. The molecule has 0 atom stereocenters. The van der Waals surface area contributed by atoms with E-state index in [4.69, 9.17) is 4.74 Å². The van der Waals surface area contributed by atoms with Gasteiger partial charge in [0.2, 0.25) is 0 Å². The molecular weight excluding hydrogens is 190 g/mol. The Morgan fingerprint density at radius 1 is 1.33 bits per heavy atom. The van der Waals surface area contributed by atoms with Gasteiger partial charge in [-0.15, -0.1) is 0 Å². The number of benzene rings is 1. The number of imidazole rings is 1. The number of morpholine rings is 1. The first-order chi connectivity index (χ1) is 7.45. The van der Waals surface area contributed by atoms with Crippen LogP contribution >= 0.6 is 0 Å². The van der Waals surface area contributed by atoms with Crippen LogP contribution in [0.5, 0.6) is 0 Å². The zero-order valence-electron chi connectivity index (χ0n) is 8.36. The quantitative estimate of drug-likeness (QED) is 0.755. The molecule has 2 heterocycles. The first-order valence-electron chi connectivity index (χ1n) is 5.12. The molecule has 2 aromatic rings. The van der Waals surface area contributed by atoms with Crippen molar-refractivity contribution in [2.24, 2.45) is 0 Å². The highest BCUT2D eigenvalue weighted by atomic mass is 16.5. The fraction of sp³-hybridized carbons (Fsp3) is 0.364. The van der Waals surface area contributed by atoms with Crippen molar-refractivity contribution in [3.63, 3.8) is 0 Å². The molecule has 77 valence electrons. The highest BCUT2D eigenvalue weighted by molar-refractivity contribution is 5.88. The van der Waals surface area contributed by atoms with Crippen LogP contribution in [-0.4, -0.2) is 36.3 Å². The number of aromatic nitrogens is 2. The summed E-state index contributed by atoms with van der Waals surface area (Å²) in [6, 6.07) is 6.16. The van der Waals surface area contributed by atoms with Gasteiger partial charge in [-0.25, -0.2) is 4.98 Å². The Morgan fingerprint density at radius 3 is 3.07 bits per heavy atom. The maximum atomic E-state index is 5.34. The molecule has 3 rings (SSSR count). The lowest BCUT2D eigenvalue weighted by Crippen LogP contribution is -2.36. The molecule has 0 amide bonds. The molecule has 1 aliphatic rings. The van der Waals surface area contributed by atoms with Crippen LogP contribution in [-0.2, 0) is 4.74 Å². The zero-order chi connectivity index (χ0) is 10.1. The number of hydrogen-bond donors (Lipinski definition) is 1.